The van der Waals surface area contributed by atoms with Gasteiger partial charge in [0.15, 0.2) is 0 Å². The lowest BCUT2D eigenvalue weighted by molar-refractivity contribution is 0.0505. The van der Waals surface area contributed by atoms with Gasteiger partial charge in [-0.3, -0.25) is 0 Å². The molecule has 3 rings (SSSR count). The molecule has 1 aliphatic heterocycles. The first-order valence-electron chi connectivity index (χ1n) is 9.14. The Balaban J connectivity index is 1.89. The molecule has 1 fully saturated rings. The summed E-state index contributed by atoms with van der Waals surface area (Å²) in [6.07, 6.45) is 4.79. The minimum absolute atomic E-state index is 0.233. The van der Waals surface area contributed by atoms with Crippen LogP contribution in [0, 0.1) is 0 Å². The highest BCUT2D eigenvalue weighted by molar-refractivity contribution is 5.96. The SMILES string of the molecule is CCCOC(=O)c1cc(-n2cccc2)ccc1N1CCN(CC)CC1. The first-order valence-corrected chi connectivity index (χ1v) is 9.14. The number of piperazine rings is 1. The van der Waals surface area contributed by atoms with Crippen molar-refractivity contribution in [2.24, 2.45) is 0 Å². The number of benzene rings is 1. The van der Waals surface area contributed by atoms with Gasteiger partial charge in [0.2, 0.25) is 0 Å². The van der Waals surface area contributed by atoms with Crippen molar-refractivity contribution in [3.63, 3.8) is 0 Å². The van der Waals surface area contributed by atoms with Crippen LogP contribution >= 0.6 is 0 Å². The minimum atomic E-state index is -0.233. The Hall–Kier alpha value is -2.27. The first-order chi connectivity index (χ1) is 12.2. The number of likely N-dealkylation sites (N-methyl/N-ethyl adjacent to an activating group) is 1. The highest BCUT2D eigenvalue weighted by Gasteiger charge is 2.22. The summed E-state index contributed by atoms with van der Waals surface area (Å²) in [5.41, 5.74) is 2.61. The summed E-state index contributed by atoms with van der Waals surface area (Å²) >= 11 is 0. The van der Waals surface area contributed by atoms with Gasteiger partial charge in [0, 0.05) is 44.3 Å². The number of nitrogens with zero attached hydrogens (tertiary/aromatic N) is 3. The van der Waals surface area contributed by atoms with Gasteiger partial charge in [0.1, 0.15) is 0 Å². The number of ether oxygens (including phenoxy) is 1. The smallest absolute Gasteiger partial charge is 0.340 e. The Morgan fingerprint density at radius 1 is 1.08 bits per heavy atom. The van der Waals surface area contributed by atoms with E-state index in [2.05, 4.69) is 28.9 Å². The Kier molecular flexibility index (Phi) is 5.76. The molecule has 5 heteroatoms. The van der Waals surface area contributed by atoms with Crippen LogP contribution in [0.3, 0.4) is 0 Å². The van der Waals surface area contributed by atoms with Crippen molar-refractivity contribution < 1.29 is 9.53 Å². The molecule has 134 valence electrons. The second-order valence-corrected chi connectivity index (χ2v) is 6.35. The molecule has 0 unspecified atom stereocenters. The van der Waals surface area contributed by atoms with E-state index >= 15 is 0 Å². The topological polar surface area (TPSA) is 37.7 Å². The molecule has 0 N–H and O–H groups in total. The summed E-state index contributed by atoms with van der Waals surface area (Å²) in [7, 11) is 0. The van der Waals surface area contributed by atoms with E-state index in [9.17, 15) is 4.79 Å². The number of esters is 1. The number of hydrogen-bond donors (Lipinski definition) is 0. The Bertz CT molecular complexity index is 689. The summed E-state index contributed by atoms with van der Waals surface area (Å²) in [6.45, 7) is 9.65. The van der Waals surface area contributed by atoms with Crippen LogP contribution < -0.4 is 4.90 Å². The fourth-order valence-electron chi connectivity index (χ4n) is 3.21. The lowest BCUT2D eigenvalue weighted by Crippen LogP contribution is -2.46. The average molecular weight is 341 g/mol. The van der Waals surface area contributed by atoms with Gasteiger partial charge in [-0.05, 0) is 43.3 Å². The number of rotatable bonds is 6. The zero-order valence-corrected chi connectivity index (χ0v) is 15.1. The first kappa shape index (κ1) is 17.5. The number of hydrogen-bond acceptors (Lipinski definition) is 4. The van der Waals surface area contributed by atoms with Crippen molar-refractivity contribution in [1.29, 1.82) is 0 Å². The molecule has 1 aromatic heterocycles. The van der Waals surface area contributed by atoms with Gasteiger partial charge in [-0.1, -0.05) is 13.8 Å². The third kappa shape index (κ3) is 4.04. The largest absolute Gasteiger partial charge is 0.462 e. The van der Waals surface area contributed by atoms with E-state index < -0.39 is 0 Å². The van der Waals surface area contributed by atoms with Crippen LogP contribution in [0.15, 0.2) is 42.7 Å². The lowest BCUT2D eigenvalue weighted by Gasteiger charge is -2.36. The lowest BCUT2D eigenvalue weighted by atomic mass is 10.1. The molecule has 25 heavy (non-hydrogen) atoms. The Morgan fingerprint density at radius 3 is 2.44 bits per heavy atom. The molecule has 1 saturated heterocycles. The van der Waals surface area contributed by atoms with Crippen LogP contribution in [0.2, 0.25) is 0 Å². The van der Waals surface area contributed by atoms with Gasteiger partial charge in [-0.25, -0.2) is 4.79 Å². The molecule has 2 aromatic rings. The summed E-state index contributed by atoms with van der Waals surface area (Å²) in [5.74, 6) is -0.233. The second-order valence-electron chi connectivity index (χ2n) is 6.35. The monoisotopic (exact) mass is 341 g/mol. The molecule has 5 nitrogen and oxygen atoms in total. The molecule has 2 heterocycles. The van der Waals surface area contributed by atoms with E-state index in [0.29, 0.717) is 12.2 Å². The van der Waals surface area contributed by atoms with Crippen molar-refractivity contribution >= 4 is 11.7 Å². The Morgan fingerprint density at radius 2 is 1.80 bits per heavy atom. The van der Waals surface area contributed by atoms with Crippen molar-refractivity contribution in [3.05, 3.63) is 48.3 Å². The molecule has 0 radical (unpaired) electrons. The maximum absolute atomic E-state index is 12.6. The summed E-state index contributed by atoms with van der Waals surface area (Å²) < 4.78 is 7.45. The maximum atomic E-state index is 12.6. The molecule has 1 aliphatic rings. The third-order valence-electron chi connectivity index (χ3n) is 4.70. The van der Waals surface area contributed by atoms with Gasteiger partial charge in [-0.2, -0.15) is 0 Å². The minimum Gasteiger partial charge on any atom is -0.462 e. The summed E-state index contributed by atoms with van der Waals surface area (Å²) in [4.78, 5) is 17.4. The normalized spacial score (nSPS) is 15.4. The van der Waals surface area contributed by atoms with Crippen molar-refractivity contribution in [1.82, 2.24) is 9.47 Å². The van der Waals surface area contributed by atoms with Crippen molar-refractivity contribution in [2.75, 3.05) is 44.2 Å². The molecule has 0 saturated carbocycles. The van der Waals surface area contributed by atoms with Gasteiger partial charge < -0.3 is 19.1 Å². The van der Waals surface area contributed by atoms with Crippen LogP contribution in [-0.4, -0.2) is 54.8 Å². The molecule has 0 amide bonds. The van der Waals surface area contributed by atoms with E-state index in [0.717, 1.165) is 50.5 Å². The fourth-order valence-corrected chi connectivity index (χ4v) is 3.21. The molecule has 1 aromatic carbocycles. The van der Waals surface area contributed by atoms with Crippen LogP contribution in [0.5, 0.6) is 0 Å². The van der Waals surface area contributed by atoms with E-state index in [1.54, 1.807) is 0 Å². The Labute approximate surface area is 149 Å². The molecule has 0 spiro atoms. The van der Waals surface area contributed by atoms with E-state index in [1.165, 1.54) is 0 Å². The fraction of sp³-hybridized carbons (Fsp3) is 0.450. The van der Waals surface area contributed by atoms with Gasteiger partial charge >= 0.3 is 5.97 Å². The van der Waals surface area contributed by atoms with E-state index in [-0.39, 0.29) is 5.97 Å². The summed E-state index contributed by atoms with van der Waals surface area (Å²) in [5, 5.41) is 0. The van der Waals surface area contributed by atoms with Gasteiger partial charge in [0.05, 0.1) is 17.9 Å². The second kappa shape index (κ2) is 8.21. The van der Waals surface area contributed by atoms with Crippen LogP contribution in [0.4, 0.5) is 5.69 Å². The zero-order valence-electron chi connectivity index (χ0n) is 15.1. The van der Waals surface area contributed by atoms with E-state index in [1.807, 2.05) is 42.1 Å². The van der Waals surface area contributed by atoms with Crippen LogP contribution in [0.1, 0.15) is 30.6 Å². The zero-order chi connectivity index (χ0) is 17.6. The summed E-state index contributed by atoms with van der Waals surface area (Å²) in [6, 6.07) is 10.0. The van der Waals surface area contributed by atoms with Gasteiger partial charge in [-0.15, -0.1) is 0 Å². The highest BCUT2D eigenvalue weighted by Crippen LogP contribution is 2.26. The molecular formula is C20H27N3O2. The molecule has 0 bridgehead atoms. The quantitative estimate of drug-likeness (QED) is 0.756. The molecule has 0 atom stereocenters. The number of carbonyl (C=O) groups excluding carboxylic acids is 1. The van der Waals surface area contributed by atoms with E-state index in [4.69, 9.17) is 4.74 Å². The number of anilines is 1. The highest BCUT2D eigenvalue weighted by atomic mass is 16.5. The predicted octanol–water partition coefficient (Wildman–Crippen LogP) is 3.19. The maximum Gasteiger partial charge on any atom is 0.340 e. The van der Waals surface area contributed by atoms with Crippen LogP contribution in [0.25, 0.3) is 5.69 Å². The third-order valence-corrected chi connectivity index (χ3v) is 4.70. The van der Waals surface area contributed by atoms with Crippen molar-refractivity contribution in [2.45, 2.75) is 20.3 Å². The number of carbonyl (C=O) groups is 1. The average Bonchev–Trinajstić information content (AvgIpc) is 3.20. The molecule has 0 aliphatic carbocycles. The van der Waals surface area contributed by atoms with Crippen molar-refractivity contribution in [3.8, 4) is 5.69 Å². The van der Waals surface area contributed by atoms with Gasteiger partial charge in [0.25, 0.3) is 0 Å². The molecular weight excluding hydrogens is 314 g/mol. The number of aromatic nitrogens is 1. The van der Waals surface area contributed by atoms with Crippen LogP contribution in [-0.2, 0) is 4.74 Å². The standard InChI is InChI=1S/C20H27N3O2/c1-3-15-25-20(24)18-16-17(22-9-5-6-10-22)7-8-19(18)23-13-11-21(4-2)12-14-23/h5-10,16H,3-4,11-15H2,1-2H3. The predicted molar refractivity (Wildman–Crippen MR) is 101 cm³/mol.